The summed E-state index contributed by atoms with van der Waals surface area (Å²) in [6, 6.07) is 14.7. The molecule has 5 nitrogen and oxygen atoms in total. The molecule has 2 rings (SSSR count). The van der Waals surface area contributed by atoms with E-state index in [-0.39, 0.29) is 17.7 Å². The van der Waals surface area contributed by atoms with Crippen LogP contribution in [0.3, 0.4) is 0 Å². The second-order valence-corrected chi connectivity index (χ2v) is 6.44. The molecule has 0 aromatic heterocycles. The van der Waals surface area contributed by atoms with Crippen LogP contribution in [0.4, 0.5) is 5.69 Å². The fourth-order valence-electron chi connectivity index (χ4n) is 2.61. The highest BCUT2D eigenvalue weighted by Gasteiger charge is 2.22. The molecule has 0 spiro atoms. The third-order valence-corrected chi connectivity index (χ3v) is 4.41. The zero-order valence-electron chi connectivity index (χ0n) is 15.8. The summed E-state index contributed by atoms with van der Waals surface area (Å²) in [7, 11) is 2.00. The summed E-state index contributed by atoms with van der Waals surface area (Å²) in [5.41, 5.74) is 2.48. The van der Waals surface area contributed by atoms with Gasteiger partial charge in [0, 0.05) is 16.8 Å². The minimum Gasteiger partial charge on any atom is -0.494 e. The van der Waals surface area contributed by atoms with Crippen LogP contribution in [0, 0.1) is 0 Å². The Bertz CT molecular complexity index is 739. The molecule has 2 atom stereocenters. The zero-order valence-corrected chi connectivity index (χ0v) is 15.8. The molecule has 0 fully saturated rings. The zero-order chi connectivity index (χ0) is 19.1. The minimum atomic E-state index is -0.214. The Hall–Kier alpha value is -2.66. The number of carbonyl (C=O) groups excluding carboxylic acids is 2. The van der Waals surface area contributed by atoms with Gasteiger partial charge >= 0.3 is 0 Å². The van der Waals surface area contributed by atoms with Crippen molar-refractivity contribution in [2.45, 2.75) is 33.4 Å². The summed E-state index contributed by atoms with van der Waals surface area (Å²) in [5, 5.41) is 2.91. The van der Waals surface area contributed by atoms with Crippen LogP contribution in [-0.2, 0) is 11.3 Å². The lowest BCUT2D eigenvalue weighted by Crippen LogP contribution is -3.12. The predicted molar refractivity (Wildman–Crippen MR) is 103 cm³/mol. The third-order valence-electron chi connectivity index (χ3n) is 4.41. The molecule has 2 aromatic carbocycles. The molecule has 0 saturated carbocycles. The predicted octanol–water partition coefficient (Wildman–Crippen LogP) is 2.33. The van der Waals surface area contributed by atoms with Gasteiger partial charge in [-0.1, -0.05) is 0 Å². The summed E-state index contributed by atoms with van der Waals surface area (Å²) in [5.74, 6) is 0.813. The maximum absolute atomic E-state index is 12.5. The van der Waals surface area contributed by atoms with Crippen molar-refractivity contribution in [1.29, 1.82) is 0 Å². The number of Topliss-reactive ketones (excluding diaryl/α,β-unsaturated/α-hetero) is 1. The standard InChI is InChI=1S/C21H26N2O3/c1-5-26-20-12-6-17(7-13-20)14-23(4)15(2)21(25)22-19-10-8-18(9-11-19)16(3)24/h6-13,15H,5,14H2,1-4H3,(H,22,25)/p+1/t15-/m1/s1. The molecule has 0 bridgehead atoms. The Balaban J connectivity index is 1.92. The maximum atomic E-state index is 12.5. The molecule has 5 heteroatoms. The second kappa shape index (κ2) is 9.15. The van der Waals surface area contributed by atoms with Gasteiger partial charge in [0.1, 0.15) is 12.3 Å². The van der Waals surface area contributed by atoms with Crippen LogP contribution < -0.4 is 15.0 Å². The first-order chi connectivity index (χ1) is 12.4. The molecule has 138 valence electrons. The van der Waals surface area contributed by atoms with Gasteiger partial charge in [0.05, 0.1) is 13.7 Å². The number of hydrogen-bond donors (Lipinski definition) is 2. The van der Waals surface area contributed by atoms with Gasteiger partial charge in [0.15, 0.2) is 11.8 Å². The van der Waals surface area contributed by atoms with Crippen LogP contribution >= 0.6 is 0 Å². The van der Waals surface area contributed by atoms with E-state index in [0.717, 1.165) is 22.8 Å². The summed E-state index contributed by atoms with van der Waals surface area (Å²) < 4.78 is 5.45. The summed E-state index contributed by atoms with van der Waals surface area (Å²) in [6.07, 6.45) is 0. The number of likely N-dealkylation sites (N-methyl/N-ethyl adjacent to an activating group) is 1. The van der Waals surface area contributed by atoms with Crippen LogP contribution in [0.1, 0.15) is 36.7 Å². The lowest BCUT2D eigenvalue weighted by atomic mass is 10.1. The number of rotatable bonds is 8. The van der Waals surface area contributed by atoms with Crippen LogP contribution in [0.5, 0.6) is 5.75 Å². The molecule has 1 amide bonds. The quantitative estimate of drug-likeness (QED) is 0.715. The number of ether oxygens (including phenoxy) is 1. The van der Waals surface area contributed by atoms with E-state index in [9.17, 15) is 9.59 Å². The summed E-state index contributed by atoms with van der Waals surface area (Å²) in [6.45, 7) is 6.78. The number of benzene rings is 2. The van der Waals surface area contributed by atoms with Gasteiger partial charge in [-0.05, 0) is 69.3 Å². The van der Waals surface area contributed by atoms with E-state index in [2.05, 4.69) is 5.32 Å². The molecular weight excluding hydrogens is 328 g/mol. The van der Waals surface area contributed by atoms with E-state index in [4.69, 9.17) is 4.74 Å². The minimum absolute atomic E-state index is 0.00998. The van der Waals surface area contributed by atoms with Gasteiger partial charge in [-0.15, -0.1) is 0 Å². The van der Waals surface area contributed by atoms with E-state index >= 15 is 0 Å². The van der Waals surface area contributed by atoms with Crippen molar-refractivity contribution in [2.75, 3.05) is 19.0 Å². The number of amides is 1. The Kier molecular flexibility index (Phi) is 6.92. The van der Waals surface area contributed by atoms with Crippen molar-refractivity contribution in [3.63, 3.8) is 0 Å². The lowest BCUT2D eigenvalue weighted by molar-refractivity contribution is -0.907. The fraction of sp³-hybridized carbons (Fsp3) is 0.333. The first-order valence-electron chi connectivity index (χ1n) is 8.86. The van der Waals surface area contributed by atoms with E-state index in [1.807, 2.05) is 45.2 Å². The van der Waals surface area contributed by atoms with Crippen LogP contribution in [0.2, 0.25) is 0 Å². The highest BCUT2D eigenvalue weighted by molar-refractivity contribution is 5.96. The van der Waals surface area contributed by atoms with Gasteiger partial charge in [-0.2, -0.15) is 0 Å². The van der Waals surface area contributed by atoms with Gasteiger partial charge in [0.2, 0.25) is 0 Å². The smallest absolute Gasteiger partial charge is 0.282 e. The number of anilines is 1. The van der Waals surface area contributed by atoms with Crippen LogP contribution in [0.25, 0.3) is 0 Å². The molecule has 0 aliphatic carbocycles. The first-order valence-corrected chi connectivity index (χ1v) is 8.86. The molecule has 0 heterocycles. The van der Waals surface area contributed by atoms with Crippen molar-refractivity contribution in [3.8, 4) is 5.75 Å². The van der Waals surface area contributed by atoms with Crippen molar-refractivity contribution >= 4 is 17.4 Å². The first kappa shape index (κ1) is 19.7. The van der Waals surface area contributed by atoms with Crippen LogP contribution in [-0.4, -0.2) is 31.4 Å². The van der Waals surface area contributed by atoms with Crippen molar-refractivity contribution in [3.05, 3.63) is 59.7 Å². The molecule has 26 heavy (non-hydrogen) atoms. The summed E-state index contributed by atoms with van der Waals surface area (Å²) in [4.78, 5) is 24.9. The largest absolute Gasteiger partial charge is 0.494 e. The Morgan fingerprint density at radius 2 is 1.69 bits per heavy atom. The second-order valence-electron chi connectivity index (χ2n) is 6.44. The monoisotopic (exact) mass is 355 g/mol. The van der Waals surface area contributed by atoms with E-state index in [1.165, 1.54) is 6.92 Å². The van der Waals surface area contributed by atoms with Gasteiger partial charge < -0.3 is 15.0 Å². The van der Waals surface area contributed by atoms with Crippen molar-refractivity contribution in [1.82, 2.24) is 0 Å². The number of nitrogens with one attached hydrogen (secondary N) is 2. The number of quaternary nitrogens is 1. The van der Waals surface area contributed by atoms with Crippen molar-refractivity contribution < 1.29 is 19.2 Å². The molecule has 2 aromatic rings. The Morgan fingerprint density at radius 1 is 1.08 bits per heavy atom. The SMILES string of the molecule is CCOc1ccc(C[NH+](C)[C@H](C)C(=O)Nc2ccc(C(C)=O)cc2)cc1. The topological polar surface area (TPSA) is 59.8 Å². The normalized spacial score (nSPS) is 12.9. The highest BCUT2D eigenvalue weighted by Crippen LogP contribution is 2.12. The Labute approximate surface area is 155 Å². The summed E-state index contributed by atoms with van der Waals surface area (Å²) >= 11 is 0. The average molecular weight is 355 g/mol. The number of hydrogen-bond acceptors (Lipinski definition) is 3. The van der Waals surface area contributed by atoms with Gasteiger partial charge in [0.25, 0.3) is 5.91 Å². The van der Waals surface area contributed by atoms with E-state index in [1.54, 1.807) is 24.3 Å². The number of carbonyl (C=O) groups is 2. The molecular formula is C21H27N2O3+. The third kappa shape index (κ3) is 5.43. The van der Waals surface area contributed by atoms with Gasteiger partial charge in [-0.3, -0.25) is 9.59 Å². The maximum Gasteiger partial charge on any atom is 0.282 e. The molecule has 0 saturated heterocycles. The van der Waals surface area contributed by atoms with E-state index < -0.39 is 0 Å². The molecule has 1 unspecified atom stereocenters. The highest BCUT2D eigenvalue weighted by atomic mass is 16.5. The molecule has 0 aliphatic heterocycles. The fourth-order valence-corrected chi connectivity index (χ4v) is 2.61. The van der Waals surface area contributed by atoms with E-state index in [0.29, 0.717) is 17.9 Å². The van der Waals surface area contributed by atoms with Crippen molar-refractivity contribution in [2.24, 2.45) is 0 Å². The molecule has 0 radical (unpaired) electrons. The Morgan fingerprint density at radius 3 is 2.23 bits per heavy atom. The lowest BCUT2D eigenvalue weighted by Gasteiger charge is -2.21. The van der Waals surface area contributed by atoms with Gasteiger partial charge in [-0.25, -0.2) is 0 Å². The van der Waals surface area contributed by atoms with Crippen LogP contribution in [0.15, 0.2) is 48.5 Å². The number of ketones is 1. The average Bonchev–Trinajstić information content (AvgIpc) is 2.63. The molecule has 0 aliphatic rings. The molecule has 2 N–H and O–H groups in total.